The zero-order valence-corrected chi connectivity index (χ0v) is 8.77. The second-order valence-corrected chi connectivity index (χ2v) is 3.88. The van der Waals surface area contributed by atoms with Gasteiger partial charge in [-0.2, -0.15) is 0 Å². The lowest BCUT2D eigenvalue weighted by Gasteiger charge is -2.22. The quantitative estimate of drug-likeness (QED) is 0.788. The van der Waals surface area contributed by atoms with Crippen LogP contribution < -0.4 is 5.32 Å². The van der Waals surface area contributed by atoms with E-state index in [1.54, 1.807) is 12.1 Å². The predicted octanol–water partition coefficient (Wildman–Crippen LogP) is 1.38. The lowest BCUT2D eigenvalue weighted by Crippen LogP contribution is -2.34. The van der Waals surface area contributed by atoms with E-state index in [1.165, 1.54) is 12.1 Å². The fourth-order valence-corrected chi connectivity index (χ4v) is 1.89. The van der Waals surface area contributed by atoms with Gasteiger partial charge in [0, 0.05) is 6.42 Å². The Kier molecular flexibility index (Phi) is 3.01. The van der Waals surface area contributed by atoms with Crippen LogP contribution in [0.2, 0.25) is 0 Å². The van der Waals surface area contributed by atoms with Crippen molar-refractivity contribution in [2.75, 3.05) is 6.54 Å². The maximum absolute atomic E-state index is 11.6. The number of rotatable bonds is 2. The molecule has 1 saturated heterocycles. The van der Waals surface area contributed by atoms with Crippen LogP contribution in [0.5, 0.6) is 0 Å². The molecule has 2 N–H and O–H groups in total. The highest BCUT2D eigenvalue weighted by Crippen LogP contribution is 2.20. The number of Topliss-reactive ketones (excluding diaryl/α,β-unsaturated/α-hetero) is 1. The summed E-state index contributed by atoms with van der Waals surface area (Å²) in [4.78, 5) is 22.3. The first kappa shape index (κ1) is 10.8. The topological polar surface area (TPSA) is 66.4 Å². The van der Waals surface area contributed by atoms with Crippen molar-refractivity contribution in [3.63, 3.8) is 0 Å². The molecule has 0 aliphatic carbocycles. The Morgan fingerprint density at radius 2 is 2.00 bits per heavy atom. The summed E-state index contributed by atoms with van der Waals surface area (Å²) in [6.45, 7) is 0.830. The minimum Gasteiger partial charge on any atom is -0.478 e. The first-order valence-corrected chi connectivity index (χ1v) is 5.28. The van der Waals surface area contributed by atoms with Crippen LogP contribution in [-0.4, -0.2) is 23.4 Å². The van der Waals surface area contributed by atoms with Gasteiger partial charge in [0.2, 0.25) is 0 Å². The van der Waals surface area contributed by atoms with Gasteiger partial charge in [-0.15, -0.1) is 0 Å². The SMILES string of the molecule is O=C(O)c1ccc(C2NCCCC2=O)cc1. The summed E-state index contributed by atoms with van der Waals surface area (Å²) in [5.74, 6) is -0.774. The van der Waals surface area contributed by atoms with E-state index >= 15 is 0 Å². The van der Waals surface area contributed by atoms with Crippen LogP contribution in [0.4, 0.5) is 0 Å². The largest absolute Gasteiger partial charge is 0.478 e. The normalized spacial score (nSPS) is 20.8. The van der Waals surface area contributed by atoms with Crippen molar-refractivity contribution in [1.82, 2.24) is 5.32 Å². The van der Waals surface area contributed by atoms with E-state index in [-0.39, 0.29) is 17.4 Å². The first-order chi connectivity index (χ1) is 7.68. The smallest absolute Gasteiger partial charge is 0.335 e. The van der Waals surface area contributed by atoms with E-state index in [4.69, 9.17) is 5.11 Å². The first-order valence-electron chi connectivity index (χ1n) is 5.28. The highest BCUT2D eigenvalue weighted by atomic mass is 16.4. The Hall–Kier alpha value is -1.68. The number of piperidine rings is 1. The molecule has 16 heavy (non-hydrogen) atoms. The highest BCUT2D eigenvalue weighted by molar-refractivity contribution is 5.89. The molecule has 84 valence electrons. The molecule has 1 aromatic carbocycles. The number of hydrogen-bond acceptors (Lipinski definition) is 3. The van der Waals surface area contributed by atoms with E-state index in [9.17, 15) is 9.59 Å². The molecule has 1 aliphatic rings. The molecule has 1 fully saturated rings. The average molecular weight is 219 g/mol. The molecule has 1 aliphatic heterocycles. The van der Waals surface area contributed by atoms with Gasteiger partial charge in [-0.3, -0.25) is 4.79 Å². The lowest BCUT2D eigenvalue weighted by molar-refractivity contribution is -0.122. The second kappa shape index (κ2) is 4.45. The van der Waals surface area contributed by atoms with Crippen LogP contribution in [0.1, 0.15) is 34.8 Å². The summed E-state index contributed by atoms with van der Waals surface area (Å²) in [6, 6.07) is 6.19. The average Bonchev–Trinajstić information content (AvgIpc) is 2.30. The number of carbonyl (C=O) groups excluding carboxylic acids is 1. The standard InChI is InChI=1S/C12H13NO3/c14-10-2-1-7-13-11(10)8-3-5-9(6-4-8)12(15)16/h3-6,11,13H,1-2,7H2,(H,15,16). The highest BCUT2D eigenvalue weighted by Gasteiger charge is 2.23. The number of benzene rings is 1. The number of carboxylic acids is 1. The van der Waals surface area contributed by atoms with Crippen molar-refractivity contribution in [3.05, 3.63) is 35.4 Å². The van der Waals surface area contributed by atoms with E-state index in [2.05, 4.69) is 5.32 Å². The van der Waals surface area contributed by atoms with Crippen molar-refractivity contribution >= 4 is 11.8 Å². The van der Waals surface area contributed by atoms with Crippen molar-refractivity contribution in [3.8, 4) is 0 Å². The van der Waals surface area contributed by atoms with Gasteiger partial charge in [-0.25, -0.2) is 4.79 Å². The maximum atomic E-state index is 11.6. The number of nitrogens with one attached hydrogen (secondary N) is 1. The van der Waals surface area contributed by atoms with Crippen molar-refractivity contribution < 1.29 is 14.7 Å². The molecule has 2 rings (SSSR count). The fourth-order valence-electron chi connectivity index (χ4n) is 1.89. The predicted molar refractivity (Wildman–Crippen MR) is 58.4 cm³/mol. The van der Waals surface area contributed by atoms with E-state index in [1.807, 2.05) is 0 Å². The van der Waals surface area contributed by atoms with Gasteiger partial charge in [0.05, 0.1) is 11.6 Å². The molecule has 4 nitrogen and oxygen atoms in total. The Morgan fingerprint density at radius 3 is 2.56 bits per heavy atom. The summed E-state index contributed by atoms with van der Waals surface area (Å²) < 4.78 is 0. The van der Waals surface area contributed by atoms with Crippen LogP contribution in [0, 0.1) is 0 Å². The lowest BCUT2D eigenvalue weighted by atomic mass is 9.95. The van der Waals surface area contributed by atoms with Crippen molar-refractivity contribution in [2.24, 2.45) is 0 Å². The molecule has 1 unspecified atom stereocenters. The van der Waals surface area contributed by atoms with Gasteiger partial charge in [-0.1, -0.05) is 12.1 Å². The number of aromatic carboxylic acids is 1. The summed E-state index contributed by atoms with van der Waals surface area (Å²) in [5, 5.41) is 11.9. The molecule has 0 aromatic heterocycles. The zero-order chi connectivity index (χ0) is 11.5. The molecular weight excluding hydrogens is 206 g/mol. The van der Waals surface area contributed by atoms with E-state index in [0.29, 0.717) is 6.42 Å². The van der Waals surface area contributed by atoms with Gasteiger partial charge >= 0.3 is 5.97 Å². The molecule has 0 radical (unpaired) electrons. The number of carboxylic acid groups (broad SMARTS) is 1. The Balaban J connectivity index is 2.20. The fraction of sp³-hybridized carbons (Fsp3) is 0.333. The Morgan fingerprint density at radius 1 is 1.31 bits per heavy atom. The number of carbonyl (C=O) groups is 2. The molecular formula is C12H13NO3. The third-order valence-corrected chi connectivity index (χ3v) is 2.76. The second-order valence-electron chi connectivity index (χ2n) is 3.88. The van der Waals surface area contributed by atoms with Crippen LogP contribution in [0.3, 0.4) is 0 Å². The minimum atomic E-state index is -0.950. The van der Waals surface area contributed by atoms with Crippen molar-refractivity contribution in [1.29, 1.82) is 0 Å². The van der Waals surface area contributed by atoms with Crippen LogP contribution in [0.15, 0.2) is 24.3 Å². The monoisotopic (exact) mass is 219 g/mol. The van der Waals surface area contributed by atoms with Crippen LogP contribution in [0.25, 0.3) is 0 Å². The van der Waals surface area contributed by atoms with Gasteiger partial charge in [0.15, 0.2) is 5.78 Å². The third-order valence-electron chi connectivity index (χ3n) is 2.76. The van der Waals surface area contributed by atoms with E-state index < -0.39 is 5.97 Å². The summed E-state index contributed by atoms with van der Waals surface area (Å²) >= 11 is 0. The Labute approximate surface area is 93.3 Å². The zero-order valence-electron chi connectivity index (χ0n) is 8.77. The minimum absolute atomic E-state index is 0.175. The molecule has 1 heterocycles. The molecule has 0 saturated carbocycles. The van der Waals surface area contributed by atoms with Crippen molar-refractivity contribution in [2.45, 2.75) is 18.9 Å². The molecule has 0 spiro atoms. The number of ketones is 1. The summed E-state index contributed by atoms with van der Waals surface area (Å²) in [5.41, 5.74) is 1.08. The molecule has 0 amide bonds. The number of hydrogen-bond donors (Lipinski definition) is 2. The third kappa shape index (κ3) is 2.12. The van der Waals surface area contributed by atoms with Crippen LogP contribution in [-0.2, 0) is 4.79 Å². The summed E-state index contributed by atoms with van der Waals surface area (Å²) in [7, 11) is 0. The van der Waals surface area contributed by atoms with Gasteiger partial charge in [0.1, 0.15) is 0 Å². The summed E-state index contributed by atoms with van der Waals surface area (Å²) in [6.07, 6.45) is 1.47. The van der Waals surface area contributed by atoms with E-state index in [0.717, 1.165) is 18.5 Å². The maximum Gasteiger partial charge on any atom is 0.335 e. The van der Waals surface area contributed by atoms with Crippen LogP contribution >= 0.6 is 0 Å². The van der Waals surface area contributed by atoms with Gasteiger partial charge in [-0.05, 0) is 30.7 Å². The van der Waals surface area contributed by atoms with Gasteiger partial charge < -0.3 is 10.4 Å². The molecule has 1 atom stereocenters. The molecule has 0 bridgehead atoms. The van der Waals surface area contributed by atoms with Gasteiger partial charge in [0.25, 0.3) is 0 Å². The molecule has 4 heteroatoms. The Bertz CT molecular complexity index is 411. The molecule has 1 aromatic rings.